The monoisotopic (exact) mass is 258 g/mol. The van der Waals surface area contributed by atoms with Crippen LogP contribution in [0.4, 0.5) is 0 Å². The van der Waals surface area contributed by atoms with Crippen LogP contribution in [0.5, 0.6) is 5.75 Å². The molecule has 19 heavy (non-hydrogen) atoms. The van der Waals surface area contributed by atoms with Crippen molar-refractivity contribution < 1.29 is 14.1 Å². The van der Waals surface area contributed by atoms with Crippen LogP contribution < -0.4 is 4.74 Å². The fourth-order valence-electron chi connectivity index (χ4n) is 1.93. The predicted molar refractivity (Wildman–Crippen MR) is 67.2 cm³/mol. The van der Waals surface area contributed by atoms with Crippen LogP contribution in [0, 0.1) is 6.92 Å². The molecule has 0 bridgehead atoms. The molecule has 2 aromatic rings. The van der Waals surface area contributed by atoms with E-state index in [-0.39, 0.29) is 6.61 Å². The van der Waals surface area contributed by atoms with E-state index in [1.807, 2.05) is 19.1 Å². The molecule has 1 aliphatic carbocycles. The van der Waals surface area contributed by atoms with Crippen LogP contribution in [0.25, 0.3) is 0 Å². The summed E-state index contributed by atoms with van der Waals surface area (Å²) in [5.41, 5.74) is 1.44. The average Bonchev–Trinajstić information content (AvgIpc) is 3.17. The fourth-order valence-corrected chi connectivity index (χ4v) is 1.93. The molecule has 0 radical (unpaired) electrons. The van der Waals surface area contributed by atoms with E-state index in [0.717, 1.165) is 30.5 Å². The van der Waals surface area contributed by atoms with Gasteiger partial charge in [-0.1, -0.05) is 17.3 Å². The number of ether oxygens (including phenoxy) is 1. The minimum Gasteiger partial charge on any atom is -0.483 e. The molecule has 5 heteroatoms. The molecule has 0 amide bonds. The first-order valence-corrected chi connectivity index (χ1v) is 6.28. The molecule has 1 aromatic heterocycles. The van der Waals surface area contributed by atoms with Crippen molar-refractivity contribution in [3.8, 4) is 5.75 Å². The van der Waals surface area contributed by atoms with Crippen molar-refractivity contribution in [2.75, 3.05) is 0 Å². The maximum Gasteiger partial charge on any atom is 0.264 e. The predicted octanol–water partition coefficient (Wildman–Crippen LogP) is 2.65. The highest BCUT2D eigenvalue weighted by atomic mass is 16.5. The van der Waals surface area contributed by atoms with E-state index in [1.165, 1.54) is 0 Å². The highest BCUT2D eigenvalue weighted by Gasteiger charge is 2.28. The lowest BCUT2D eigenvalue weighted by Gasteiger charge is -2.08. The van der Waals surface area contributed by atoms with Crippen LogP contribution in [0.1, 0.15) is 46.4 Å². The zero-order valence-electron chi connectivity index (χ0n) is 10.6. The summed E-state index contributed by atoms with van der Waals surface area (Å²) in [6.07, 6.45) is 3.05. The van der Waals surface area contributed by atoms with Crippen molar-refractivity contribution in [3.05, 3.63) is 41.0 Å². The molecule has 1 fully saturated rings. The van der Waals surface area contributed by atoms with Gasteiger partial charge in [0, 0.05) is 5.92 Å². The van der Waals surface area contributed by atoms with Gasteiger partial charge < -0.3 is 9.26 Å². The maximum atomic E-state index is 11.0. The third-order valence-corrected chi connectivity index (χ3v) is 3.14. The van der Waals surface area contributed by atoms with Crippen molar-refractivity contribution in [3.63, 3.8) is 0 Å². The number of aryl methyl sites for hydroxylation is 1. The quantitative estimate of drug-likeness (QED) is 0.771. The number of carbonyl (C=O) groups is 1. The second kappa shape index (κ2) is 4.84. The van der Waals surface area contributed by atoms with Gasteiger partial charge >= 0.3 is 0 Å². The van der Waals surface area contributed by atoms with Crippen LogP contribution in [0.2, 0.25) is 0 Å². The van der Waals surface area contributed by atoms with E-state index in [4.69, 9.17) is 9.26 Å². The van der Waals surface area contributed by atoms with E-state index in [2.05, 4.69) is 10.1 Å². The average molecular weight is 258 g/mol. The van der Waals surface area contributed by atoms with Crippen molar-refractivity contribution in [2.24, 2.45) is 0 Å². The van der Waals surface area contributed by atoms with Crippen LogP contribution in [-0.4, -0.2) is 16.4 Å². The third-order valence-electron chi connectivity index (χ3n) is 3.14. The lowest BCUT2D eigenvalue weighted by Crippen LogP contribution is -2.00. The fraction of sp³-hybridized carbons (Fsp3) is 0.357. The largest absolute Gasteiger partial charge is 0.483 e. The van der Waals surface area contributed by atoms with Gasteiger partial charge in [0.1, 0.15) is 5.75 Å². The molecule has 1 saturated carbocycles. The molecule has 98 valence electrons. The van der Waals surface area contributed by atoms with Crippen LogP contribution >= 0.6 is 0 Å². The third kappa shape index (κ3) is 2.50. The Morgan fingerprint density at radius 3 is 3.05 bits per heavy atom. The number of carbonyl (C=O) groups excluding carboxylic acids is 1. The van der Waals surface area contributed by atoms with E-state index in [1.54, 1.807) is 6.07 Å². The molecular formula is C14H14N2O3. The van der Waals surface area contributed by atoms with Crippen molar-refractivity contribution in [1.29, 1.82) is 0 Å². The molecule has 0 unspecified atom stereocenters. The molecule has 3 rings (SSSR count). The molecule has 0 spiro atoms. The van der Waals surface area contributed by atoms with Gasteiger partial charge in [-0.05, 0) is 31.4 Å². The van der Waals surface area contributed by atoms with Gasteiger partial charge in [0.25, 0.3) is 5.89 Å². The number of hydrogen-bond acceptors (Lipinski definition) is 5. The summed E-state index contributed by atoms with van der Waals surface area (Å²) in [7, 11) is 0. The summed E-state index contributed by atoms with van der Waals surface area (Å²) in [4.78, 5) is 15.2. The molecule has 0 atom stereocenters. The molecule has 1 aliphatic rings. The SMILES string of the molecule is Cc1cccc(C=O)c1OCc1nc(C2CC2)no1. The first-order chi connectivity index (χ1) is 9.28. The number of para-hydroxylation sites is 1. The Labute approximate surface area is 110 Å². The molecule has 1 heterocycles. The summed E-state index contributed by atoms with van der Waals surface area (Å²) >= 11 is 0. The smallest absolute Gasteiger partial charge is 0.264 e. The van der Waals surface area contributed by atoms with Gasteiger partial charge in [-0.2, -0.15) is 4.98 Å². The van der Waals surface area contributed by atoms with Gasteiger partial charge in [0.15, 0.2) is 18.7 Å². The summed E-state index contributed by atoms with van der Waals surface area (Å²) < 4.78 is 10.8. The molecule has 0 N–H and O–H groups in total. The van der Waals surface area contributed by atoms with Crippen molar-refractivity contribution in [1.82, 2.24) is 10.1 Å². The molecule has 5 nitrogen and oxygen atoms in total. The molecule has 0 aliphatic heterocycles. The minimum atomic E-state index is 0.186. The van der Waals surface area contributed by atoms with Gasteiger partial charge in [-0.3, -0.25) is 4.79 Å². The number of hydrogen-bond donors (Lipinski definition) is 0. The van der Waals surface area contributed by atoms with Gasteiger partial charge in [-0.25, -0.2) is 0 Å². The maximum absolute atomic E-state index is 11.0. The molecule has 1 aromatic carbocycles. The lowest BCUT2D eigenvalue weighted by atomic mass is 10.1. The Hall–Kier alpha value is -2.17. The van der Waals surface area contributed by atoms with Crippen molar-refractivity contribution in [2.45, 2.75) is 32.3 Å². The van der Waals surface area contributed by atoms with E-state index < -0.39 is 0 Å². The number of aromatic nitrogens is 2. The summed E-state index contributed by atoms with van der Waals surface area (Å²) in [6, 6.07) is 5.44. The molecule has 0 saturated heterocycles. The highest BCUT2D eigenvalue weighted by molar-refractivity contribution is 5.80. The topological polar surface area (TPSA) is 65.2 Å². The zero-order chi connectivity index (χ0) is 13.2. The van der Waals surface area contributed by atoms with E-state index in [0.29, 0.717) is 23.1 Å². The lowest BCUT2D eigenvalue weighted by molar-refractivity contribution is 0.111. The summed E-state index contributed by atoms with van der Waals surface area (Å²) in [6.45, 7) is 2.08. The number of rotatable bonds is 5. The first-order valence-electron chi connectivity index (χ1n) is 6.28. The number of nitrogens with zero attached hydrogens (tertiary/aromatic N) is 2. The Kier molecular flexibility index (Phi) is 3.03. The van der Waals surface area contributed by atoms with Gasteiger partial charge in [0.05, 0.1) is 5.56 Å². The van der Waals surface area contributed by atoms with Crippen LogP contribution in [0.3, 0.4) is 0 Å². The Morgan fingerprint density at radius 2 is 2.32 bits per heavy atom. The Balaban J connectivity index is 1.72. The van der Waals surface area contributed by atoms with Crippen molar-refractivity contribution >= 4 is 6.29 Å². The van der Waals surface area contributed by atoms with E-state index >= 15 is 0 Å². The number of aldehydes is 1. The Bertz CT molecular complexity index is 602. The molecular weight excluding hydrogens is 244 g/mol. The standard InChI is InChI=1S/C14H14N2O3/c1-9-3-2-4-11(7-17)13(9)18-8-12-15-14(16-19-12)10-5-6-10/h2-4,7,10H,5-6,8H2,1H3. The zero-order valence-corrected chi connectivity index (χ0v) is 10.6. The highest BCUT2D eigenvalue weighted by Crippen LogP contribution is 2.38. The Morgan fingerprint density at radius 1 is 1.47 bits per heavy atom. The minimum absolute atomic E-state index is 0.186. The summed E-state index contributed by atoms with van der Waals surface area (Å²) in [5, 5.41) is 3.92. The van der Waals surface area contributed by atoms with E-state index in [9.17, 15) is 4.79 Å². The normalized spacial score (nSPS) is 14.4. The van der Waals surface area contributed by atoms with Crippen LogP contribution in [-0.2, 0) is 6.61 Å². The van der Waals surface area contributed by atoms with Gasteiger partial charge in [-0.15, -0.1) is 0 Å². The van der Waals surface area contributed by atoms with Crippen LogP contribution in [0.15, 0.2) is 22.7 Å². The van der Waals surface area contributed by atoms with Gasteiger partial charge in [0.2, 0.25) is 0 Å². The summed E-state index contributed by atoms with van der Waals surface area (Å²) in [5.74, 6) is 2.24. The first kappa shape index (κ1) is 11.9. The number of benzene rings is 1. The second-order valence-corrected chi connectivity index (χ2v) is 4.72. The second-order valence-electron chi connectivity index (χ2n) is 4.72.